The maximum absolute atomic E-state index is 4.62. The van der Waals surface area contributed by atoms with Gasteiger partial charge in [0.05, 0.1) is 34.7 Å². The maximum Gasteiger partial charge on any atom is 0.347 e. The van der Waals surface area contributed by atoms with Crippen LogP contribution in [-0.2, 0) is 0 Å². The molecule has 118 valence electrons. The summed E-state index contributed by atoms with van der Waals surface area (Å²) in [5, 5.41) is 3.45. The Morgan fingerprint density at radius 1 is 0.900 bits per heavy atom. The monoisotopic (exact) mass is 285 g/mol. The van der Waals surface area contributed by atoms with Crippen molar-refractivity contribution in [2.45, 2.75) is 12.8 Å². The highest BCUT2D eigenvalue weighted by molar-refractivity contribution is 5.79. The predicted octanol–water partition coefficient (Wildman–Crippen LogP) is 0.0251. The van der Waals surface area contributed by atoms with E-state index in [1.165, 1.54) is 0 Å². The SMILES string of the molecule is CN(C)C(=NCCCCNC(N(C)C)=[N+](C)C)N(C)C. The van der Waals surface area contributed by atoms with Crippen molar-refractivity contribution in [1.29, 1.82) is 0 Å². The lowest BCUT2D eigenvalue weighted by Gasteiger charge is -2.22. The smallest absolute Gasteiger partial charge is 0.347 e. The van der Waals surface area contributed by atoms with E-state index in [0.717, 1.165) is 37.9 Å². The first-order chi connectivity index (χ1) is 9.27. The van der Waals surface area contributed by atoms with Crippen molar-refractivity contribution in [2.24, 2.45) is 4.99 Å². The Morgan fingerprint density at radius 2 is 1.45 bits per heavy atom. The van der Waals surface area contributed by atoms with Gasteiger partial charge in [0.25, 0.3) is 0 Å². The molecule has 0 saturated carbocycles. The van der Waals surface area contributed by atoms with Gasteiger partial charge >= 0.3 is 5.96 Å². The molecule has 6 heteroatoms. The van der Waals surface area contributed by atoms with Gasteiger partial charge in [0.15, 0.2) is 5.96 Å². The standard InChI is InChI=1S/C14H32N6/c1-17(2)13(18(3)4)15-11-9-10-12-16-14(19(5)6)20(7)8/h9-12H2,1-8H3/p+1. The Balaban J connectivity index is 4.04. The van der Waals surface area contributed by atoms with Crippen LogP contribution in [0.5, 0.6) is 0 Å². The Labute approximate surface area is 124 Å². The lowest BCUT2D eigenvalue weighted by atomic mass is 10.3. The summed E-state index contributed by atoms with van der Waals surface area (Å²) in [6, 6.07) is 0. The number of rotatable bonds is 5. The van der Waals surface area contributed by atoms with E-state index in [0.29, 0.717) is 0 Å². The molecule has 0 radical (unpaired) electrons. The number of guanidine groups is 2. The molecule has 0 aromatic rings. The largest absolute Gasteiger partial charge is 0.349 e. The van der Waals surface area contributed by atoms with Gasteiger partial charge in [0.1, 0.15) is 0 Å². The van der Waals surface area contributed by atoms with E-state index < -0.39 is 0 Å². The third kappa shape index (κ3) is 7.21. The lowest BCUT2D eigenvalue weighted by molar-refractivity contribution is -0.472. The highest BCUT2D eigenvalue weighted by Crippen LogP contribution is 1.94. The zero-order chi connectivity index (χ0) is 15.7. The number of aliphatic imine (C=N–C) groups is 1. The van der Waals surface area contributed by atoms with E-state index in [1.54, 1.807) is 0 Å². The van der Waals surface area contributed by atoms with Gasteiger partial charge in [-0.25, -0.2) is 0 Å². The second-order valence-electron chi connectivity index (χ2n) is 5.72. The molecule has 0 fully saturated rings. The number of hydrogen-bond acceptors (Lipinski definition) is 1. The van der Waals surface area contributed by atoms with Crippen LogP contribution in [0, 0.1) is 0 Å². The molecule has 0 aliphatic rings. The molecule has 0 aliphatic heterocycles. The van der Waals surface area contributed by atoms with Gasteiger partial charge in [-0.05, 0) is 12.8 Å². The number of hydrogen-bond donors (Lipinski definition) is 1. The summed E-state index contributed by atoms with van der Waals surface area (Å²) in [6.07, 6.45) is 2.20. The van der Waals surface area contributed by atoms with E-state index in [9.17, 15) is 0 Å². The first kappa shape index (κ1) is 18.5. The minimum Gasteiger partial charge on any atom is -0.349 e. The average molecular weight is 285 g/mol. The topological polar surface area (TPSA) is 37.1 Å². The van der Waals surface area contributed by atoms with Gasteiger partial charge in [0, 0.05) is 34.7 Å². The summed E-state index contributed by atoms with van der Waals surface area (Å²) < 4.78 is 2.09. The molecule has 0 aliphatic carbocycles. The Bertz CT molecular complexity index is 317. The molecule has 0 spiro atoms. The molecule has 0 aromatic heterocycles. The van der Waals surface area contributed by atoms with Crippen LogP contribution in [0.1, 0.15) is 12.8 Å². The summed E-state index contributed by atoms with van der Waals surface area (Å²) in [4.78, 5) is 10.8. The molecule has 1 N–H and O–H groups in total. The molecule has 0 atom stereocenters. The van der Waals surface area contributed by atoms with Crippen molar-refractivity contribution in [3.8, 4) is 0 Å². The fourth-order valence-corrected chi connectivity index (χ4v) is 2.02. The summed E-state index contributed by atoms with van der Waals surface area (Å²) >= 11 is 0. The quantitative estimate of drug-likeness (QED) is 0.335. The van der Waals surface area contributed by atoms with Gasteiger partial charge in [-0.3, -0.25) is 19.8 Å². The third-order valence-electron chi connectivity index (χ3n) is 2.77. The Morgan fingerprint density at radius 3 is 1.85 bits per heavy atom. The van der Waals surface area contributed by atoms with Crippen molar-refractivity contribution < 1.29 is 4.58 Å². The van der Waals surface area contributed by atoms with Crippen LogP contribution >= 0.6 is 0 Å². The Hall–Kier alpha value is -1.46. The zero-order valence-corrected chi connectivity index (χ0v) is 14.6. The van der Waals surface area contributed by atoms with Crippen LogP contribution in [-0.4, -0.2) is 101 Å². The molecule has 20 heavy (non-hydrogen) atoms. The van der Waals surface area contributed by atoms with Crippen molar-refractivity contribution in [1.82, 2.24) is 20.0 Å². The average Bonchev–Trinajstić information content (AvgIpc) is 2.30. The van der Waals surface area contributed by atoms with Gasteiger partial charge in [-0.1, -0.05) is 0 Å². The van der Waals surface area contributed by atoms with Crippen LogP contribution in [0.25, 0.3) is 0 Å². The van der Waals surface area contributed by atoms with Crippen molar-refractivity contribution in [3.63, 3.8) is 0 Å². The van der Waals surface area contributed by atoms with Crippen LogP contribution in [0.3, 0.4) is 0 Å². The summed E-state index contributed by atoms with van der Waals surface area (Å²) in [5.74, 6) is 2.16. The van der Waals surface area contributed by atoms with E-state index in [2.05, 4.69) is 19.8 Å². The number of nitrogens with one attached hydrogen (secondary N) is 1. The summed E-state index contributed by atoms with van der Waals surface area (Å²) in [6.45, 7) is 1.84. The first-order valence-corrected chi connectivity index (χ1v) is 7.12. The highest BCUT2D eigenvalue weighted by atomic mass is 15.3. The van der Waals surface area contributed by atoms with E-state index in [1.807, 2.05) is 66.2 Å². The van der Waals surface area contributed by atoms with E-state index in [-0.39, 0.29) is 0 Å². The molecule has 6 nitrogen and oxygen atoms in total. The predicted molar refractivity (Wildman–Crippen MR) is 87.7 cm³/mol. The molecule has 0 unspecified atom stereocenters. The number of nitrogens with zero attached hydrogens (tertiary/aromatic N) is 5. The molecule has 0 saturated heterocycles. The maximum atomic E-state index is 4.62. The van der Waals surface area contributed by atoms with Gasteiger partial charge < -0.3 is 9.80 Å². The van der Waals surface area contributed by atoms with Crippen molar-refractivity contribution >= 4 is 11.9 Å². The molecule has 0 heterocycles. The minimum atomic E-state index is 0.868. The second-order valence-corrected chi connectivity index (χ2v) is 5.72. The van der Waals surface area contributed by atoms with Crippen molar-refractivity contribution in [2.75, 3.05) is 69.5 Å². The van der Waals surface area contributed by atoms with Gasteiger partial charge in [0.2, 0.25) is 0 Å². The summed E-state index contributed by atoms with van der Waals surface area (Å²) in [7, 11) is 16.3. The fraction of sp³-hybridized carbons (Fsp3) is 0.857. The zero-order valence-electron chi connectivity index (χ0n) is 14.6. The molecular formula is C14H33N6+. The second kappa shape index (κ2) is 9.44. The highest BCUT2D eigenvalue weighted by Gasteiger charge is 2.09. The van der Waals surface area contributed by atoms with E-state index in [4.69, 9.17) is 0 Å². The van der Waals surface area contributed by atoms with Crippen molar-refractivity contribution in [3.05, 3.63) is 0 Å². The fourth-order valence-electron chi connectivity index (χ4n) is 2.02. The van der Waals surface area contributed by atoms with Crippen LogP contribution < -0.4 is 5.32 Å². The molecule has 0 rings (SSSR count). The van der Waals surface area contributed by atoms with Crippen LogP contribution in [0.4, 0.5) is 0 Å². The molecular weight excluding hydrogens is 252 g/mol. The van der Waals surface area contributed by atoms with E-state index >= 15 is 0 Å². The first-order valence-electron chi connectivity index (χ1n) is 7.12. The minimum absolute atomic E-state index is 0.868. The molecule has 0 aromatic carbocycles. The van der Waals surface area contributed by atoms with Gasteiger partial charge in [-0.15, -0.1) is 0 Å². The Kier molecular flexibility index (Phi) is 8.76. The van der Waals surface area contributed by atoms with Crippen LogP contribution in [0.2, 0.25) is 0 Å². The number of unbranched alkanes of at least 4 members (excludes halogenated alkanes) is 1. The third-order valence-corrected chi connectivity index (χ3v) is 2.77. The lowest BCUT2D eigenvalue weighted by Crippen LogP contribution is -2.42. The van der Waals surface area contributed by atoms with Crippen LogP contribution in [0.15, 0.2) is 4.99 Å². The molecule has 0 bridgehead atoms. The molecule has 0 amide bonds. The summed E-state index contributed by atoms with van der Waals surface area (Å²) in [5.41, 5.74) is 0. The normalized spacial score (nSPS) is 9.80. The van der Waals surface area contributed by atoms with Gasteiger partial charge in [-0.2, -0.15) is 0 Å².